The Morgan fingerprint density at radius 2 is 1.95 bits per heavy atom. The molecule has 0 bridgehead atoms. The molecule has 1 aromatic carbocycles. The van der Waals surface area contributed by atoms with Crippen molar-refractivity contribution in [1.82, 2.24) is 0 Å². The van der Waals surface area contributed by atoms with Gasteiger partial charge in [0.25, 0.3) is 0 Å². The zero-order chi connectivity index (χ0) is 15.5. The SMILES string of the molecule is Cc1cccc(NC(=O)C2(C(N)=NO)CCCCC2)c1C. The van der Waals surface area contributed by atoms with Crippen molar-refractivity contribution in [2.24, 2.45) is 16.3 Å². The summed E-state index contributed by atoms with van der Waals surface area (Å²) in [6.07, 6.45) is 4.16. The van der Waals surface area contributed by atoms with Gasteiger partial charge in [-0.15, -0.1) is 0 Å². The molecule has 1 aromatic rings. The second kappa shape index (κ2) is 6.16. The number of aryl methyl sites for hydroxylation is 1. The van der Waals surface area contributed by atoms with Gasteiger partial charge in [-0.25, -0.2) is 0 Å². The topological polar surface area (TPSA) is 87.7 Å². The van der Waals surface area contributed by atoms with Crippen LogP contribution in [0.3, 0.4) is 0 Å². The second-order valence-electron chi connectivity index (χ2n) is 5.83. The lowest BCUT2D eigenvalue weighted by molar-refractivity contribution is -0.123. The normalized spacial score (nSPS) is 18.3. The van der Waals surface area contributed by atoms with Crippen LogP contribution in [0.25, 0.3) is 0 Å². The van der Waals surface area contributed by atoms with Crippen molar-refractivity contribution in [1.29, 1.82) is 0 Å². The molecule has 0 unspecified atom stereocenters. The van der Waals surface area contributed by atoms with E-state index in [0.29, 0.717) is 12.8 Å². The number of rotatable bonds is 3. The Labute approximate surface area is 125 Å². The van der Waals surface area contributed by atoms with Crippen LogP contribution in [0, 0.1) is 19.3 Å². The van der Waals surface area contributed by atoms with Crippen LogP contribution in [-0.4, -0.2) is 17.0 Å². The number of carbonyl (C=O) groups excluding carboxylic acids is 1. The van der Waals surface area contributed by atoms with Crippen LogP contribution in [0.1, 0.15) is 43.2 Å². The lowest BCUT2D eigenvalue weighted by Gasteiger charge is -2.34. The van der Waals surface area contributed by atoms with Crippen LogP contribution in [0.4, 0.5) is 5.69 Å². The van der Waals surface area contributed by atoms with E-state index in [2.05, 4.69) is 10.5 Å². The van der Waals surface area contributed by atoms with E-state index in [1.54, 1.807) is 0 Å². The Morgan fingerprint density at radius 3 is 2.57 bits per heavy atom. The van der Waals surface area contributed by atoms with Gasteiger partial charge in [-0.2, -0.15) is 0 Å². The van der Waals surface area contributed by atoms with Gasteiger partial charge in [0.05, 0.1) is 0 Å². The molecule has 2 rings (SSSR count). The standard InChI is InChI=1S/C16H23N3O2/c1-11-7-6-8-13(12(11)2)18-15(20)16(14(17)19-21)9-4-3-5-10-16/h6-8,21H,3-5,9-10H2,1-2H3,(H2,17,19)(H,18,20). The van der Waals surface area contributed by atoms with E-state index in [1.807, 2.05) is 32.0 Å². The number of hydrogen-bond donors (Lipinski definition) is 3. The first kappa shape index (κ1) is 15.4. The van der Waals surface area contributed by atoms with Gasteiger partial charge >= 0.3 is 0 Å². The van der Waals surface area contributed by atoms with Gasteiger partial charge in [0.15, 0.2) is 5.84 Å². The number of hydrogen-bond acceptors (Lipinski definition) is 3. The third-order valence-electron chi connectivity index (χ3n) is 4.59. The maximum absolute atomic E-state index is 12.8. The molecule has 1 aliphatic carbocycles. The number of anilines is 1. The number of nitrogens with one attached hydrogen (secondary N) is 1. The molecule has 21 heavy (non-hydrogen) atoms. The Bertz CT molecular complexity index is 561. The summed E-state index contributed by atoms with van der Waals surface area (Å²) < 4.78 is 0. The molecular weight excluding hydrogens is 266 g/mol. The molecule has 1 amide bonds. The summed E-state index contributed by atoms with van der Waals surface area (Å²) in [6, 6.07) is 5.79. The second-order valence-corrected chi connectivity index (χ2v) is 5.83. The summed E-state index contributed by atoms with van der Waals surface area (Å²) in [5, 5.41) is 15.1. The van der Waals surface area contributed by atoms with Crippen molar-refractivity contribution in [3.05, 3.63) is 29.3 Å². The summed E-state index contributed by atoms with van der Waals surface area (Å²) >= 11 is 0. The van der Waals surface area contributed by atoms with E-state index in [0.717, 1.165) is 36.1 Å². The van der Waals surface area contributed by atoms with Crippen LogP contribution < -0.4 is 11.1 Å². The highest BCUT2D eigenvalue weighted by Gasteiger charge is 2.44. The summed E-state index contributed by atoms with van der Waals surface area (Å²) in [6.45, 7) is 3.98. The highest BCUT2D eigenvalue weighted by atomic mass is 16.4. The maximum Gasteiger partial charge on any atom is 0.238 e. The zero-order valence-corrected chi connectivity index (χ0v) is 12.6. The fourth-order valence-corrected chi connectivity index (χ4v) is 2.98. The van der Waals surface area contributed by atoms with E-state index < -0.39 is 5.41 Å². The lowest BCUT2D eigenvalue weighted by atomic mass is 9.72. The van der Waals surface area contributed by atoms with Crippen LogP contribution in [0.5, 0.6) is 0 Å². The van der Waals surface area contributed by atoms with Crippen molar-refractivity contribution < 1.29 is 10.0 Å². The predicted octanol–water partition coefficient (Wildman–Crippen LogP) is 2.94. The largest absolute Gasteiger partial charge is 0.409 e. The fraction of sp³-hybridized carbons (Fsp3) is 0.500. The average molecular weight is 289 g/mol. The van der Waals surface area contributed by atoms with Crippen LogP contribution in [0.2, 0.25) is 0 Å². The van der Waals surface area contributed by atoms with Crippen molar-refractivity contribution in [2.75, 3.05) is 5.32 Å². The fourth-order valence-electron chi connectivity index (χ4n) is 2.98. The minimum absolute atomic E-state index is 0.0185. The Kier molecular flexibility index (Phi) is 4.50. The summed E-state index contributed by atoms with van der Waals surface area (Å²) in [4.78, 5) is 12.8. The number of amides is 1. The molecule has 0 spiro atoms. The molecule has 5 heteroatoms. The Hall–Kier alpha value is -2.04. The van der Waals surface area contributed by atoms with Crippen molar-refractivity contribution >= 4 is 17.4 Å². The molecule has 0 heterocycles. The minimum Gasteiger partial charge on any atom is -0.409 e. The summed E-state index contributed by atoms with van der Waals surface area (Å²) in [5.74, 6) is -0.156. The Balaban J connectivity index is 2.29. The van der Waals surface area contributed by atoms with Gasteiger partial charge in [0.2, 0.25) is 5.91 Å². The number of oxime groups is 1. The van der Waals surface area contributed by atoms with Gasteiger partial charge < -0.3 is 16.3 Å². The van der Waals surface area contributed by atoms with Gasteiger partial charge in [-0.05, 0) is 43.9 Å². The minimum atomic E-state index is -0.886. The van der Waals surface area contributed by atoms with Crippen molar-refractivity contribution in [2.45, 2.75) is 46.0 Å². The molecule has 0 aliphatic heterocycles. The van der Waals surface area contributed by atoms with Gasteiger partial charge in [-0.3, -0.25) is 4.79 Å². The average Bonchev–Trinajstić information content (AvgIpc) is 2.51. The van der Waals surface area contributed by atoms with Gasteiger partial charge in [-0.1, -0.05) is 36.6 Å². The summed E-state index contributed by atoms with van der Waals surface area (Å²) in [5.41, 5.74) is 7.90. The number of carbonyl (C=O) groups is 1. The van der Waals surface area contributed by atoms with E-state index >= 15 is 0 Å². The van der Waals surface area contributed by atoms with Gasteiger partial charge in [0.1, 0.15) is 5.41 Å². The molecule has 114 valence electrons. The molecule has 4 N–H and O–H groups in total. The number of benzene rings is 1. The molecule has 1 aliphatic rings. The third kappa shape index (κ3) is 2.86. The highest BCUT2D eigenvalue weighted by Crippen LogP contribution is 2.38. The molecule has 5 nitrogen and oxygen atoms in total. The van der Waals surface area contributed by atoms with Crippen molar-refractivity contribution in [3.8, 4) is 0 Å². The quantitative estimate of drug-likeness (QED) is 0.346. The van der Waals surface area contributed by atoms with Crippen LogP contribution in [-0.2, 0) is 4.79 Å². The van der Waals surface area contributed by atoms with E-state index in [9.17, 15) is 4.79 Å². The van der Waals surface area contributed by atoms with Crippen LogP contribution >= 0.6 is 0 Å². The molecule has 0 saturated heterocycles. The molecular formula is C16H23N3O2. The van der Waals surface area contributed by atoms with E-state index in [4.69, 9.17) is 10.9 Å². The van der Waals surface area contributed by atoms with E-state index in [-0.39, 0.29) is 11.7 Å². The maximum atomic E-state index is 12.8. The monoisotopic (exact) mass is 289 g/mol. The van der Waals surface area contributed by atoms with Gasteiger partial charge in [0, 0.05) is 5.69 Å². The lowest BCUT2D eigenvalue weighted by Crippen LogP contribution is -2.48. The predicted molar refractivity (Wildman–Crippen MR) is 83.5 cm³/mol. The number of amidine groups is 1. The number of nitrogens with zero attached hydrogens (tertiary/aromatic N) is 1. The smallest absolute Gasteiger partial charge is 0.238 e. The molecule has 1 saturated carbocycles. The molecule has 1 fully saturated rings. The Morgan fingerprint density at radius 1 is 1.29 bits per heavy atom. The third-order valence-corrected chi connectivity index (χ3v) is 4.59. The summed E-state index contributed by atoms with van der Waals surface area (Å²) in [7, 11) is 0. The molecule has 0 atom stereocenters. The highest BCUT2D eigenvalue weighted by molar-refractivity contribution is 6.12. The zero-order valence-electron chi connectivity index (χ0n) is 12.6. The number of nitrogens with two attached hydrogens (primary N) is 1. The van der Waals surface area contributed by atoms with Crippen molar-refractivity contribution in [3.63, 3.8) is 0 Å². The molecule has 0 radical (unpaired) electrons. The molecule has 0 aromatic heterocycles. The first-order valence-electron chi connectivity index (χ1n) is 7.37. The first-order valence-corrected chi connectivity index (χ1v) is 7.37. The van der Waals surface area contributed by atoms with Crippen LogP contribution in [0.15, 0.2) is 23.4 Å². The first-order chi connectivity index (χ1) is 10.0. The van der Waals surface area contributed by atoms with E-state index in [1.165, 1.54) is 0 Å².